The van der Waals surface area contributed by atoms with Crippen LogP contribution in [-0.2, 0) is 19.8 Å². The van der Waals surface area contributed by atoms with E-state index in [4.69, 9.17) is 16.3 Å². The van der Waals surface area contributed by atoms with Crippen molar-refractivity contribution in [2.24, 2.45) is 0 Å². The van der Waals surface area contributed by atoms with Crippen molar-refractivity contribution in [2.75, 3.05) is 0 Å². The average Bonchev–Trinajstić information content (AvgIpc) is 2.77. The second-order valence-electron chi connectivity index (χ2n) is 4.29. The molecule has 0 aliphatic rings. The Bertz CT molecular complexity index is 567. The Balaban J connectivity index is 2.14. The van der Waals surface area contributed by atoms with Gasteiger partial charge in [-0.3, -0.25) is 4.68 Å². The van der Waals surface area contributed by atoms with Gasteiger partial charge in [0.2, 0.25) is 0 Å². The summed E-state index contributed by atoms with van der Waals surface area (Å²) in [4.78, 5) is 0. The minimum Gasteiger partial charge on any atom is -0.487 e. The van der Waals surface area contributed by atoms with Gasteiger partial charge in [-0.25, -0.2) is 0 Å². The summed E-state index contributed by atoms with van der Waals surface area (Å²) in [6, 6.07) is 7.23. The van der Waals surface area contributed by atoms with Gasteiger partial charge in [0.1, 0.15) is 12.4 Å². The Morgan fingerprint density at radius 3 is 2.84 bits per heavy atom. The lowest BCUT2D eigenvalue weighted by atomic mass is 10.2. The first-order chi connectivity index (χ1) is 9.13. The first kappa shape index (κ1) is 13.9. The predicted molar refractivity (Wildman–Crippen MR) is 74.3 cm³/mol. The molecule has 2 aromatic rings. The van der Waals surface area contributed by atoms with E-state index in [9.17, 15) is 5.11 Å². The van der Waals surface area contributed by atoms with Crippen LogP contribution in [0.4, 0.5) is 0 Å². The Labute approximate surface area is 117 Å². The maximum atomic E-state index is 9.29. The largest absolute Gasteiger partial charge is 0.487 e. The summed E-state index contributed by atoms with van der Waals surface area (Å²) >= 11 is 5.88. The fourth-order valence-corrected chi connectivity index (χ4v) is 2.15. The lowest BCUT2D eigenvalue weighted by Gasteiger charge is -2.11. The highest BCUT2D eigenvalue weighted by Crippen LogP contribution is 2.23. The second-order valence-corrected chi connectivity index (χ2v) is 4.73. The van der Waals surface area contributed by atoms with E-state index in [2.05, 4.69) is 5.10 Å². The molecule has 1 aromatic heterocycles. The molecule has 0 fully saturated rings. The molecular weight excluding hydrogens is 264 g/mol. The molecule has 2 rings (SSSR count). The third kappa shape index (κ3) is 3.28. The number of benzene rings is 1. The summed E-state index contributed by atoms with van der Waals surface area (Å²) in [5.41, 5.74) is 2.67. The summed E-state index contributed by atoms with van der Waals surface area (Å²) in [7, 11) is 0. The number of rotatable bonds is 5. The van der Waals surface area contributed by atoms with Crippen LogP contribution in [0.3, 0.4) is 0 Å². The van der Waals surface area contributed by atoms with Gasteiger partial charge in [-0.2, -0.15) is 5.10 Å². The summed E-state index contributed by atoms with van der Waals surface area (Å²) in [6.45, 7) is 5.12. The van der Waals surface area contributed by atoms with Crippen molar-refractivity contribution in [1.29, 1.82) is 0 Å². The number of aliphatic hydroxyl groups is 1. The van der Waals surface area contributed by atoms with E-state index in [1.807, 2.05) is 24.6 Å². The molecule has 0 saturated heterocycles. The molecule has 0 amide bonds. The van der Waals surface area contributed by atoms with Gasteiger partial charge in [-0.05, 0) is 38.1 Å². The topological polar surface area (TPSA) is 47.3 Å². The minimum absolute atomic E-state index is 0.0953. The summed E-state index contributed by atoms with van der Waals surface area (Å²) in [5, 5.41) is 14.2. The molecule has 0 aliphatic carbocycles. The van der Waals surface area contributed by atoms with Crippen molar-refractivity contribution in [3.63, 3.8) is 0 Å². The average molecular weight is 281 g/mol. The molecule has 5 heteroatoms. The molecule has 4 nitrogen and oxygen atoms in total. The Kier molecular flexibility index (Phi) is 4.45. The number of aryl methyl sites for hydroxylation is 2. The number of aliphatic hydroxyl groups excluding tert-OH is 1. The SMILES string of the molecule is CCn1nc(C)cc1COc1ccc(Cl)cc1CO. The van der Waals surface area contributed by atoms with Crippen LogP contribution in [0.15, 0.2) is 24.3 Å². The van der Waals surface area contributed by atoms with Gasteiger partial charge >= 0.3 is 0 Å². The molecule has 102 valence electrons. The Morgan fingerprint density at radius 1 is 1.37 bits per heavy atom. The van der Waals surface area contributed by atoms with Crippen LogP contribution >= 0.6 is 11.6 Å². The van der Waals surface area contributed by atoms with Crippen molar-refractivity contribution < 1.29 is 9.84 Å². The highest BCUT2D eigenvalue weighted by molar-refractivity contribution is 6.30. The fraction of sp³-hybridized carbons (Fsp3) is 0.357. The van der Waals surface area contributed by atoms with E-state index in [-0.39, 0.29) is 6.61 Å². The molecular formula is C14H17ClN2O2. The zero-order valence-electron chi connectivity index (χ0n) is 11.1. The molecule has 0 saturated carbocycles. The number of aromatic nitrogens is 2. The quantitative estimate of drug-likeness (QED) is 0.916. The van der Waals surface area contributed by atoms with E-state index >= 15 is 0 Å². The molecule has 19 heavy (non-hydrogen) atoms. The summed E-state index contributed by atoms with van der Waals surface area (Å²) in [6.07, 6.45) is 0. The van der Waals surface area contributed by atoms with E-state index in [1.54, 1.807) is 18.2 Å². The number of nitrogens with zero attached hydrogens (tertiary/aromatic N) is 2. The molecule has 1 aromatic carbocycles. The third-order valence-corrected chi connectivity index (χ3v) is 3.09. The van der Waals surface area contributed by atoms with Crippen molar-refractivity contribution in [3.8, 4) is 5.75 Å². The monoisotopic (exact) mass is 280 g/mol. The third-order valence-electron chi connectivity index (χ3n) is 2.85. The zero-order valence-corrected chi connectivity index (χ0v) is 11.8. The molecule has 0 radical (unpaired) electrons. The maximum absolute atomic E-state index is 9.29. The number of hydrogen-bond donors (Lipinski definition) is 1. The minimum atomic E-state index is -0.0953. The van der Waals surface area contributed by atoms with Crippen molar-refractivity contribution >= 4 is 11.6 Å². The lowest BCUT2D eigenvalue weighted by Crippen LogP contribution is -2.07. The van der Waals surface area contributed by atoms with Crippen LogP contribution < -0.4 is 4.74 Å². The first-order valence-corrected chi connectivity index (χ1v) is 6.57. The summed E-state index contributed by atoms with van der Waals surface area (Å²) in [5.74, 6) is 0.647. The maximum Gasteiger partial charge on any atom is 0.130 e. The van der Waals surface area contributed by atoms with Crippen LogP contribution in [0.25, 0.3) is 0 Å². The van der Waals surface area contributed by atoms with Gasteiger partial charge in [-0.1, -0.05) is 11.6 Å². The van der Waals surface area contributed by atoms with E-state index < -0.39 is 0 Å². The number of ether oxygens (including phenoxy) is 1. The smallest absolute Gasteiger partial charge is 0.130 e. The molecule has 1 heterocycles. The van der Waals surface area contributed by atoms with Gasteiger partial charge in [0.25, 0.3) is 0 Å². The first-order valence-electron chi connectivity index (χ1n) is 6.19. The summed E-state index contributed by atoms with van der Waals surface area (Å²) < 4.78 is 7.65. The Hall–Kier alpha value is -1.52. The van der Waals surface area contributed by atoms with E-state index in [0.29, 0.717) is 22.9 Å². The van der Waals surface area contributed by atoms with Crippen molar-refractivity contribution in [3.05, 3.63) is 46.2 Å². The lowest BCUT2D eigenvalue weighted by molar-refractivity contribution is 0.255. The highest BCUT2D eigenvalue weighted by Gasteiger charge is 2.08. The zero-order chi connectivity index (χ0) is 13.8. The van der Waals surface area contributed by atoms with Crippen LogP contribution in [0, 0.1) is 6.92 Å². The van der Waals surface area contributed by atoms with Crippen LogP contribution in [0.5, 0.6) is 5.75 Å². The van der Waals surface area contributed by atoms with Gasteiger partial charge in [0.15, 0.2) is 0 Å². The predicted octanol–water partition coefficient (Wildman–Crippen LogP) is 2.94. The molecule has 0 spiro atoms. The van der Waals surface area contributed by atoms with Gasteiger partial charge < -0.3 is 9.84 Å². The molecule has 0 aliphatic heterocycles. The number of halogens is 1. The highest BCUT2D eigenvalue weighted by atomic mass is 35.5. The van der Waals surface area contributed by atoms with E-state index in [1.165, 1.54) is 0 Å². The van der Waals surface area contributed by atoms with Crippen molar-refractivity contribution in [2.45, 2.75) is 33.6 Å². The fourth-order valence-electron chi connectivity index (χ4n) is 1.95. The van der Waals surface area contributed by atoms with Crippen LogP contribution in [0.2, 0.25) is 5.02 Å². The van der Waals surface area contributed by atoms with Crippen molar-refractivity contribution in [1.82, 2.24) is 9.78 Å². The van der Waals surface area contributed by atoms with E-state index in [0.717, 1.165) is 17.9 Å². The van der Waals surface area contributed by atoms with Crippen LogP contribution in [-0.4, -0.2) is 14.9 Å². The Morgan fingerprint density at radius 2 is 2.16 bits per heavy atom. The normalized spacial score (nSPS) is 10.7. The molecule has 0 atom stereocenters. The van der Waals surface area contributed by atoms with Gasteiger partial charge in [-0.15, -0.1) is 0 Å². The second kappa shape index (κ2) is 6.08. The van der Waals surface area contributed by atoms with Gasteiger partial charge in [0.05, 0.1) is 18.0 Å². The van der Waals surface area contributed by atoms with Gasteiger partial charge in [0, 0.05) is 17.1 Å². The molecule has 1 N–H and O–H groups in total. The number of hydrogen-bond acceptors (Lipinski definition) is 3. The molecule has 0 unspecified atom stereocenters. The standard InChI is InChI=1S/C14H17ClN2O2/c1-3-17-13(6-10(2)16-17)9-19-14-5-4-12(15)7-11(14)8-18/h4-7,18H,3,8-9H2,1-2H3. The van der Waals surface area contributed by atoms with Crippen LogP contribution in [0.1, 0.15) is 23.9 Å². The molecule has 0 bridgehead atoms.